The van der Waals surface area contributed by atoms with Gasteiger partial charge in [0.15, 0.2) is 0 Å². The van der Waals surface area contributed by atoms with Gasteiger partial charge in [0.2, 0.25) is 0 Å². The number of thiophene rings is 1. The van der Waals surface area contributed by atoms with Crippen LogP contribution in [0.2, 0.25) is 0 Å². The van der Waals surface area contributed by atoms with Crippen LogP contribution in [0.1, 0.15) is 11.4 Å². The molecule has 3 nitrogen and oxygen atoms in total. The lowest BCUT2D eigenvalue weighted by Gasteiger charge is -2.07. The third kappa shape index (κ3) is 2.53. The summed E-state index contributed by atoms with van der Waals surface area (Å²) in [5.74, 6) is 2.15. The number of hydrogen-bond donors (Lipinski definition) is 0. The smallest absolute Gasteiger partial charge is 0.124 e. The van der Waals surface area contributed by atoms with Crippen LogP contribution in [-0.2, 0) is 18.8 Å². The molecule has 104 valence electrons. The molecule has 0 atom stereocenters. The predicted octanol–water partition coefficient (Wildman–Crippen LogP) is 4.09. The van der Waals surface area contributed by atoms with Gasteiger partial charge in [-0.05, 0) is 40.9 Å². The monoisotopic (exact) mass is 306 g/mol. The van der Waals surface area contributed by atoms with Gasteiger partial charge in [0.25, 0.3) is 0 Å². The van der Waals surface area contributed by atoms with E-state index in [1.165, 1.54) is 5.56 Å². The van der Waals surface area contributed by atoms with Gasteiger partial charge in [-0.15, -0.1) is 11.6 Å². The average molecular weight is 307 g/mol. The summed E-state index contributed by atoms with van der Waals surface area (Å²) in [5, 5.41) is 4.29. The largest absolute Gasteiger partial charge is 0.497 e. The maximum atomic E-state index is 6.03. The summed E-state index contributed by atoms with van der Waals surface area (Å²) in [4.78, 5) is 4.59. The van der Waals surface area contributed by atoms with Crippen molar-refractivity contribution >= 4 is 34.0 Å². The Labute approximate surface area is 126 Å². The molecule has 0 unspecified atom stereocenters. The molecular formula is C15H15ClN2OS. The number of hydrogen-bond acceptors (Lipinski definition) is 3. The summed E-state index contributed by atoms with van der Waals surface area (Å²) in [6.45, 7) is 0.890. The van der Waals surface area contributed by atoms with Crippen molar-refractivity contribution in [2.45, 2.75) is 18.8 Å². The van der Waals surface area contributed by atoms with Crippen LogP contribution in [-0.4, -0.2) is 16.7 Å². The van der Waals surface area contributed by atoms with Crippen molar-refractivity contribution in [3.05, 3.63) is 46.4 Å². The summed E-state index contributed by atoms with van der Waals surface area (Å²) >= 11 is 7.75. The van der Waals surface area contributed by atoms with E-state index in [9.17, 15) is 0 Å². The summed E-state index contributed by atoms with van der Waals surface area (Å²) in [5.41, 5.74) is 3.40. The van der Waals surface area contributed by atoms with Crippen molar-refractivity contribution in [2.75, 3.05) is 7.11 Å². The second-order valence-corrected chi connectivity index (χ2v) is 5.60. The van der Waals surface area contributed by atoms with E-state index in [4.69, 9.17) is 16.3 Å². The van der Waals surface area contributed by atoms with Gasteiger partial charge < -0.3 is 9.30 Å². The highest BCUT2D eigenvalue weighted by Gasteiger charge is 2.10. The predicted molar refractivity (Wildman–Crippen MR) is 83.9 cm³/mol. The Morgan fingerprint density at radius 1 is 1.35 bits per heavy atom. The topological polar surface area (TPSA) is 27.1 Å². The van der Waals surface area contributed by atoms with Crippen LogP contribution in [0.4, 0.5) is 0 Å². The molecule has 5 heteroatoms. The van der Waals surface area contributed by atoms with E-state index < -0.39 is 0 Å². The lowest BCUT2D eigenvalue weighted by molar-refractivity contribution is 0.415. The molecule has 0 radical (unpaired) electrons. The second-order valence-electron chi connectivity index (χ2n) is 4.55. The van der Waals surface area contributed by atoms with Crippen LogP contribution < -0.4 is 4.74 Å². The molecule has 0 aliphatic carbocycles. The van der Waals surface area contributed by atoms with Crippen molar-refractivity contribution in [3.63, 3.8) is 0 Å². The number of halogens is 1. The van der Waals surface area contributed by atoms with Crippen LogP contribution in [0.5, 0.6) is 5.75 Å². The minimum absolute atomic E-state index is 0.417. The number of imidazole rings is 1. The molecule has 0 aliphatic rings. The number of fused-ring (bicyclic) bond motifs is 1. The highest BCUT2D eigenvalue weighted by atomic mass is 35.5. The first-order chi connectivity index (χ1) is 9.81. The Bertz CT molecular complexity index is 706. The second kappa shape index (κ2) is 5.85. The minimum Gasteiger partial charge on any atom is -0.497 e. The van der Waals surface area contributed by atoms with E-state index in [1.807, 2.05) is 18.2 Å². The van der Waals surface area contributed by atoms with Crippen LogP contribution in [0, 0.1) is 0 Å². The molecule has 0 saturated carbocycles. The Morgan fingerprint density at radius 2 is 2.25 bits per heavy atom. The molecule has 3 rings (SSSR count). The maximum Gasteiger partial charge on any atom is 0.124 e. The Balaban J connectivity index is 1.95. The Kier molecular flexibility index (Phi) is 3.94. The number of nitrogens with zero attached hydrogens (tertiary/aromatic N) is 2. The van der Waals surface area contributed by atoms with Gasteiger partial charge >= 0.3 is 0 Å². The van der Waals surface area contributed by atoms with Gasteiger partial charge in [-0.25, -0.2) is 4.98 Å². The maximum absolute atomic E-state index is 6.03. The van der Waals surface area contributed by atoms with Gasteiger partial charge in [0.1, 0.15) is 11.6 Å². The van der Waals surface area contributed by atoms with Crippen LogP contribution in [0.25, 0.3) is 11.0 Å². The molecule has 2 aromatic heterocycles. The van der Waals surface area contributed by atoms with Crippen LogP contribution in [0.15, 0.2) is 35.0 Å². The zero-order valence-electron chi connectivity index (χ0n) is 11.2. The Morgan fingerprint density at radius 3 is 2.95 bits per heavy atom. The third-order valence-electron chi connectivity index (χ3n) is 3.36. The van der Waals surface area contributed by atoms with Gasteiger partial charge in [-0.1, -0.05) is 0 Å². The molecule has 3 aromatic rings. The van der Waals surface area contributed by atoms with Crippen molar-refractivity contribution in [2.24, 2.45) is 0 Å². The SMILES string of the molecule is COc1ccc2c(c1)nc(CCl)n2CCc1ccsc1. The number of rotatable bonds is 5. The van der Waals surface area contributed by atoms with Gasteiger partial charge in [0, 0.05) is 12.6 Å². The van der Waals surface area contributed by atoms with E-state index >= 15 is 0 Å². The fourth-order valence-corrected chi connectivity index (χ4v) is 3.22. The molecule has 0 spiro atoms. The highest BCUT2D eigenvalue weighted by molar-refractivity contribution is 7.07. The Hall–Kier alpha value is -1.52. The number of alkyl halides is 1. The van der Waals surface area contributed by atoms with Crippen molar-refractivity contribution in [1.29, 1.82) is 0 Å². The molecule has 0 amide bonds. The van der Waals surface area contributed by atoms with Crippen molar-refractivity contribution in [1.82, 2.24) is 9.55 Å². The first-order valence-corrected chi connectivity index (χ1v) is 7.89. The molecule has 2 heterocycles. The van der Waals surface area contributed by atoms with E-state index in [1.54, 1.807) is 18.4 Å². The van der Waals surface area contributed by atoms with E-state index in [0.717, 1.165) is 35.6 Å². The number of benzene rings is 1. The summed E-state index contributed by atoms with van der Waals surface area (Å²) in [6, 6.07) is 8.12. The quantitative estimate of drug-likeness (QED) is 0.664. The van der Waals surface area contributed by atoms with Gasteiger partial charge in [-0.3, -0.25) is 0 Å². The molecule has 20 heavy (non-hydrogen) atoms. The fourth-order valence-electron chi connectivity index (χ4n) is 2.31. The number of aromatic nitrogens is 2. The molecule has 0 bridgehead atoms. The lowest BCUT2D eigenvalue weighted by atomic mass is 10.2. The highest BCUT2D eigenvalue weighted by Crippen LogP contribution is 2.23. The normalized spacial score (nSPS) is 11.1. The summed E-state index contributed by atoms with van der Waals surface area (Å²) in [6.07, 6.45) is 0.991. The number of aryl methyl sites for hydroxylation is 2. The summed E-state index contributed by atoms with van der Waals surface area (Å²) in [7, 11) is 1.66. The average Bonchev–Trinajstić information content (AvgIpc) is 3.11. The van der Waals surface area contributed by atoms with Crippen molar-refractivity contribution < 1.29 is 4.74 Å². The molecular weight excluding hydrogens is 292 g/mol. The minimum atomic E-state index is 0.417. The number of ether oxygens (including phenoxy) is 1. The zero-order chi connectivity index (χ0) is 13.9. The third-order valence-corrected chi connectivity index (χ3v) is 4.33. The standard InChI is InChI=1S/C15H15ClN2OS/c1-19-12-2-3-14-13(8-12)17-15(9-16)18(14)6-4-11-5-7-20-10-11/h2-3,5,7-8,10H,4,6,9H2,1H3. The molecule has 1 aromatic carbocycles. The first kappa shape index (κ1) is 13.5. The van der Waals surface area contributed by atoms with E-state index in [-0.39, 0.29) is 0 Å². The first-order valence-electron chi connectivity index (χ1n) is 6.42. The zero-order valence-corrected chi connectivity index (χ0v) is 12.7. The lowest BCUT2D eigenvalue weighted by Crippen LogP contribution is -2.04. The molecule has 0 saturated heterocycles. The van der Waals surface area contributed by atoms with Gasteiger partial charge in [0.05, 0.1) is 24.0 Å². The summed E-state index contributed by atoms with van der Waals surface area (Å²) < 4.78 is 7.44. The van der Waals surface area contributed by atoms with Crippen LogP contribution in [0.3, 0.4) is 0 Å². The fraction of sp³-hybridized carbons (Fsp3) is 0.267. The van der Waals surface area contributed by atoms with Crippen LogP contribution >= 0.6 is 22.9 Å². The molecule has 0 fully saturated rings. The van der Waals surface area contributed by atoms with E-state index in [2.05, 4.69) is 26.4 Å². The van der Waals surface area contributed by atoms with Crippen molar-refractivity contribution in [3.8, 4) is 5.75 Å². The number of methoxy groups -OCH3 is 1. The molecule has 0 N–H and O–H groups in total. The molecule has 0 aliphatic heterocycles. The van der Waals surface area contributed by atoms with E-state index in [0.29, 0.717) is 5.88 Å². The van der Waals surface area contributed by atoms with Gasteiger partial charge in [-0.2, -0.15) is 11.3 Å².